The first kappa shape index (κ1) is 19.6. The third-order valence-corrected chi connectivity index (χ3v) is 6.85. The van der Waals surface area contributed by atoms with Gasteiger partial charge in [0.15, 0.2) is 0 Å². The molecule has 2 saturated carbocycles. The topological polar surface area (TPSA) is 23.8 Å². The van der Waals surface area contributed by atoms with Gasteiger partial charge >= 0.3 is 0 Å². The summed E-state index contributed by atoms with van der Waals surface area (Å²) in [4.78, 5) is 0. The zero-order valence-corrected chi connectivity index (χ0v) is 16.0. The van der Waals surface area contributed by atoms with Crippen molar-refractivity contribution < 1.29 is 0 Å². The van der Waals surface area contributed by atoms with E-state index >= 15 is 0 Å². The molecular weight excluding hydrogens is 290 g/mol. The van der Waals surface area contributed by atoms with Gasteiger partial charge < -0.3 is 0 Å². The van der Waals surface area contributed by atoms with E-state index in [1.807, 2.05) is 6.08 Å². The molecule has 2 fully saturated rings. The Morgan fingerprint density at radius 1 is 0.792 bits per heavy atom. The molecule has 136 valence electrons. The molecule has 2 aliphatic rings. The van der Waals surface area contributed by atoms with Crippen LogP contribution in [0.25, 0.3) is 0 Å². The number of hydrogen-bond acceptors (Lipinski definition) is 1. The second-order valence-electron chi connectivity index (χ2n) is 8.52. The van der Waals surface area contributed by atoms with Crippen LogP contribution in [-0.4, -0.2) is 0 Å². The summed E-state index contributed by atoms with van der Waals surface area (Å²) in [7, 11) is 0. The van der Waals surface area contributed by atoms with Crippen LogP contribution in [0.1, 0.15) is 103 Å². The summed E-state index contributed by atoms with van der Waals surface area (Å²) in [5.41, 5.74) is 0. The minimum absolute atomic E-state index is 0.930. The van der Waals surface area contributed by atoms with Crippen molar-refractivity contribution in [2.45, 2.75) is 103 Å². The fourth-order valence-electron chi connectivity index (χ4n) is 5.22. The predicted molar refractivity (Wildman–Crippen MR) is 104 cm³/mol. The van der Waals surface area contributed by atoms with Gasteiger partial charge in [-0.15, -0.1) is 0 Å². The number of allylic oxidation sites excluding steroid dienone is 2. The number of nitrogens with zero attached hydrogens (tertiary/aromatic N) is 1. The Hall–Kier alpha value is -0.770. The van der Waals surface area contributed by atoms with Gasteiger partial charge in [-0.3, -0.25) is 0 Å². The van der Waals surface area contributed by atoms with E-state index in [0.29, 0.717) is 0 Å². The van der Waals surface area contributed by atoms with Crippen molar-refractivity contribution in [3.8, 4) is 6.07 Å². The molecule has 0 spiro atoms. The van der Waals surface area contributed by atoms with Gasteiger partial charge in [0, 0.05) is 6.08 Å². The van der Waals surface area contributed by atoms with Crippen LogP contribution in [0.2, 0.25) is 0 Å². The molecule has 0 bridgehead atoms. The molecule has 2 rings (SSSR count). The molecule has 0 aromatic heterocycles. The zero-order chi connectivity index (χ0) is 17.0. The van der Waals surface area contributed by atoms with E-state index in [9.17, 15) is 0 Å². The van der Waals surface area contributed by atoms with E-state index < -0.39 is 0 Å². The molecule has 0 aromatic carbocycles. The Bertz CT molecular complexity index is 375. The average molecular weight is 330 g/mol. The summed E-state index contributed by atoms with van der Waals surface area (Å²) in [6.07, 6.45) is 25.3. The van der Waals surface area contributed by atoms with Gasteiger partial charge in [-0.05, 0) is 62.2 Å². The zero-order valence-electron chi connectivity index (χ0n) is 16.0. The molecule has 0 aliphatic heterocycles. The van der Waals surface area contributed by atoms with Crippen molar-refractivity contribution in [3.63, 3.8) is 0 Å². The monoisotopic (exact) mass is 329 g/mol. The lowest BCUT2D eigenvalue weighted by Gasteiger charge is -2.38. The highest BCUT2D eigenvalue weighted by molar-refractivity contribution is 5.01. The molecule has 1 nitrogen and oxygen atoms in total. The predicted octanol–water partition coefficient (Wildman–Crippen LogP) is 7.43. The Morgan fingerprint density at radius 2 is 1.38 bits per heavy atom. The van der Waals surface area contributed by atoms with Gasteiger partial charge in [0.25, 0.3) is 0 Å². The fourth-order valence-corrected chi connectivity index (χ4v) is 5.22. The number of rotatable bonds is 9. The summed E-state index contributed by atoms with van der Waals surface area (Å²) in [6, 6.07) is 2.10. The van der Waals surface area contributed by atoms with Crippen LogP contribution in [0, 0.1) is 35.0 Å². The smallest absolute Gasteiger partial charge is 0.0908 e. The van der Waals surface area contributed by atoms with Crippen LogP contribution < -0.4 is 0 Å². The highest BCUT2D eigenvalue weighted by Crippen LogP contribution is 2.43. The second kappa shape index (κ2) is 11.7. The maximum Gasteiger partial charge on any atom is 0.0908 e. The van der Waals surface area contributed by atoms with Gasteiger partial charge in [-0.1, -0.05) is 70.8 Å². The Balaban J connectivity index is 1.57. The average Bonchev–Trinajstić information content (AvgIpc) is 2.64. The van der Waals surface area contributed by atoms with Crippen LogP contribution >= 0.6 is 0 Å². The van der Waals surface area contributed by atoms with E-state index in [1.165, 1.54) is 89.9 Å². The van der Waals surface area contributed by atoms with Gasteiger partial charge in [-0.2, -0.15) is 5.26 Å². The molecule has 0 N–H and O–H groups in total. The molecule has 0 atom stereocenters. The maximum atomic E-state index is 8.54. The summed E-state index contributed by atoms with van der Waals surface area (Å²) < 4.78 is 0. The molecule has 0 unspecified atom stereocenters. The molecule has 2 aliphatic carbocycles. The van der Waals surface area contributed by atoms with E-state index in [4.69, 9.17) is 5.26 Å². The first-order chi connectivity index (χ1) is 11.8. The number of hydrogen-bond donors (Lipinski definition) is 0. The lowest BCUT2D eigenvalue weighted by atomic mass is 9.68. The highest BCUT2D eigenvalue weighted by Gasteiger charge is 2.30. The van der Waals surface area contributed by atoms with E-state index in [0.717, 1.165) is 30.1 Å². The minimum atomic E-state index is 0.930. The third kappa shape index (κ3) is 7.00. The first-order valence-corrected chi connectivity index (χ1v) is 10.9. The van der Waals surface area contributed by atoms with Gasteiger partial charge in [-0.25, -0.2) is 0 Å². The van der Waals surface area contributed by atoms with E-state index in [1.54, 1.807) is 6.08 Å². The molecular formula is C23H39N. The Kier molecular flexibility index (Phi) is 9.55. The Labute approximate surface area is 150 Å². The quantitative estimate of drug-likeness (QED) is 0.319. The molecule has 0 radical (unpaired) electrons. The van der Waals surface area contributed by atoms with Gasteiger partial charge in [0.1, 0.15) is 0 Å². The molecule has 1 heteroatoms. The number of unbranched alkanes of at least 4 members (excludes halogenated alkanes) is 3. The van der Waals surface area contributed by atoms with Crippen LogP contribution in [0.15, 0.2) is 12.2 Å². The lowest BCUT2D eigenvalue weighted by molar-refractivity contribution is 0.140. The maximum absolute atomic E-state index is 8.54. The SMILES string of the molecule is CCCCCCC1CCC(C2CCC(CCC=CC#N)CC2)CC1. The summed E-state index contributed by atoms with van der Waals surface area (Å²) in [5.74, 6) is 4.08. The van der Waals surface area contributed by atoms with E-state index in [2.05, 4.69) is 13.0 Å². The van der Waals surface area contributed by atoms with Gasteiger partial charge in [0.05, 0.1) is 6.07 Å². The van der Waals surface area contributed by atoms with Crippen molar-refractivity contribution >= 4 is 0 Å². The molecule has 0 amide bonds. The minimum Gasteiger partial charge on any atom is -0.193 e. The Morgan fingerprint density at radius 3 is 1.92 bits per heavy atom. The highest BCUT2D eigenvalue weighted by atomic mass is 14.4. The molecule has 24 heavy (non-hydrogen) atoms. The summed E-state index contributed by atoms with van der Waals surface area (Å²) in [6.45, 7) is 2.31. The van der Waals surface area contributed by atoms with E-state index in [-0.39, 0.29) is 0 Å². The molecule has 0 saturated heterocycles. The lowest BCUT2D eigenvalue weighted by Crippen LogP contribution is -2.25. The first-order valence-electron chi connectivity index (χ1n) is 10.9. The van der Waals surface area contributed by atoms with Crippen LogP contribution in [0.4, 0.5) is 0 Å². The summed E-state index contributed by atoms with van der Waals surface area (Å²) in [5, 5.41) is 8.54. The normalized spacial score (nSPS) is 31.2. The number of nitriles is 1. The van der Waals surface area contributed by atoms with Crippen LogP contribution in [0.3, 0.4) is 0 Å². The fraction of sp³-hybridized carbons (Fsp3) is 0.870. The summed E-state index contributed by atoms with van der Waals surface area (Å²) >= 11 is 0. The van der Waals surface area contributed by atoms with Crippen LogP contribution in [0.5, 0.6) is 0 Å². The largest absolute Gasteiger partial charge is 0.193 e. The van der Waals surface area contributed by atoms with Crippen molar-refractivity contribution in [3.05, 3.63) is 12.2 Å². The molecule has 0 aromatic rings. The van der Waals surface area contributed by atoms with Gasteiger partial charge in [0.2, 0.25) is 0 Å². The van der Waals surface area contributed by atoms with Crippen molar-refractivity contribution in [2.24, 2.45) is 23.7 Å². The standard InChI is InChI=1S/C23H39N/c1-2-3-4-6-9-20-11-15-22(16-12-20)23-17-13-21(14-18-23)10-7-5-8-19-24/h5,8,20-23H,2-4,6-7,9-18H2,1H3. The van der Waals surface area contributed by atoms with Crippen LogP contribution in [-0.2, 0) is 0 Å². The van der Waals surface area contributed by atoms with Crippen molar-refractivity contribution in [2.75, 3.05) is 0 Å². The van der Waals surface area contributed by atoms with Crippen molar-refractivity contribution in [1.82, 2.24) is 0 Å². The van der Waals surface area contributed by atoms with Crippen molar-refractivity contribution in [1.29, 1.82) is 5.26 Å². The molecule has 0 heterocycles. The third-order valence-electron chi connectivity index (χ3n) is 6.85. The second-order valence-corrected chi connectivity index (χ2v) is 8.52.